The maximum absolute atomic E-state index is 13.1. The Balaban J connectivity index is 0.000000133. The summed E-state index contributed by atoms with van der Waals surface area (Å²) >= 11 is 5.00. The van der Waals surface area contributed by atoms with Gasteiger partial charge in [-0.05, 0) is 115 Å². The summed E-state index contributed by atoms with van der Waals surface area (Å²) in [5.41, 5.74) is 5.78. The number of anilines is 12. The first-order chi connectivity index (χ1) is 54.6. The molecule has 0 saturated heterocycles. The lowest BCUT2D eigenvalue weighted by Gasteiger charge is -2.36. The van der Waals surface area contributed by atoms with E-state index in [0.29, 0.717) is 71.4 Å². The van der Waals surface area contributed by atoms with Gasteiger partial charge in [0.2, 0.25) is 23.8 Å². The quantitative estimate of drug-likeness (QED) is 0.0260. The molecule has 604 valence electrons. The van der Waals surface area contributed by atoms with E-state index in [1.165, 1.54) is 19.6 Å². The summed E-state index contributed by atoms with van der Waals surface area (Å²) in [6.07, 6.45) is 11.5. The molecule has 0 aromatic carbocycles. The van der Waals surface area contributed by atoms with Crippen LogP contribution in [0.2, 0.25) is 0 Å². The highest BCUT2D eigenvalue weighted by Gasteiger charge is 2.41. The van der Waals surface area contributed by atoms with Gasteiger partial charge in [0.05, 0.1) is 129 Å². The first kappa shape index (κ1) is 80.4. The monoisotopic (exact) mass is 1680 g/mol. The molecule has 16 rings (SSSR count). The Morgan fingerprint density at radius 2 is 0.982 bits per heavy atom. The molecule has 8 N–H and O–H groups in total. The molecule has 12 aromatic rings. The molecular formula is C68H76BrF11N32OS. The summed E-state index contributed by atoms with van der Waals surface area (Å²) in [5, 5.41) is 61.9. The minimum absolute atomic E-state index is 0.0698. The van der Waals surface area contributed by atoms with E-state index < -0.39 is 54.0 Å². The number of hydrogen-bond acceptors (Lipinski definition) is 28. The van der Waals surface area contributed by atoms with Crippen molar-refractivity contribution < 1.29 is 52.7 Å². The number of oxazole rings is 1. The third kappa shape index (κ3) is 18.7. The fraction of sp³-hybridized carbons (Fsp3) is 0.441. The molecular weight excluding hydrogens is 1600 g/mol. The van der Waals surface area contributed by atoms with E-state index in [1.807, 2.05) is 76.4 Å². The van der Waals surface area contributed by atoms with Crippen LogP contribution in [0.25, 0.3) is 0 Å². The van der Waals surface area contributed by atoms with Crippen molar-refractivity contribution in [1.82, 2.24) is 119 Å². The molecule has 114 heavy (non-hydrogen) atoms. The van der Waals surface area contributed by atoms with Gasteiger partial charge in [0.1, 0.15) is 56.7 Å². The number of alkyl halides is 11. The predicted molar refractivity (Wildman–Crippen MR) is 399 cm³/mol. The van der Waals surface area contributed by atoms with Crippen LogP contribution in [0.15, 0.2) is 107 Å². The number of halogens is 12. The van der Waals surface area contributed by atoms with Gasteiger partial charge in [0, 0.05) is 75.4 Å². The maximum Gasteiger partial charge on any atom is 0.421 e. The van der Waals surface area contributed by atoms with E-state index in [-0.39, 0.29) is 47.6 Å². The summed E-state index contributed by atoms with van der Waals surface area (Å²) in [5.74, 6) is 0.793. The highest BCUT2D eigenvalue weighted by Crippen LogP contribution is 2.48. The summed E-state index contributed by atoms with van der Waals surface area (Å²) in [6, 6.07) is 3.53. The fourth-order valence-corrected chi connectivity index (χ4v) is 14.1. The van der Waals surface area contributed by atoms with Crippen LogP contribution in [0.3, 0.4) is 0 Å². The van der Waals surface area contributed by atoms with Crippen molar-refractivity contribution in [1.29, 1.82) is 0 Å². The zero-order chi connectivity index (χ0) is 80.8. The molecule has 0 bridgehead atoms. The standard InChI is InChI=1S/C18H19F5N8.C18H20F3N7O.C16H20BrN9.C16H17F3N8S/c1-10-14(8-27-31(10)12-5-11(6-12)30-4-2-3-26-30)28-17-25-7-13(18(21,22)23)16(29-17)24-9-15(19)20;1-3-22-16-13(18(19,20)21)6-23-17(27-16)26-14-7-25-28(10(14)2)12-4-11(5-12)15-8-29-9-24-15;1-3-18-15-13(17)8-19-16(24-15)23-14-9-22-25(10(14)2)11-6-12(7-11)26-20-4-5-21-26;1-8-12(23-15-21-5-11(16(17,18)19)13(20-2)24-15)6-27(26-8)10-3-9(4-10)14-25-22-7-28-14/h2-4,7-8,11-12,15H,5-6,9H2,1H3,(H2,24,25,28,29);6-9,11-12H,3-5H2,1-2H3,(H2,22,23,26,27);4-5,8-9,11-12H,3,6-7H2,1-2H3,(H2,18,19,23,24);5-7,9-10H,3-4H2,1-2H3,(H2,20,21,23,24). The molecule has 12 aromatic heterocycles. The van der Waals surface area contributed by atoms with E-state index in [2.05, 4.69) is 155 Å². The van der Waals surface area contributed by atoms with Gasteiger partial charge in [-0.15, -0.1) is 21.5 Å². The average molecular weight is 1680 g/mol. The second-order valence-electron chi connectivity index (χ2n) is 26.9. The summed E-state index contributed by atoms with van der Waals surface area (Å²) < 4.78 is 158. The van der Waals surface area contributed by atoms with Gasteiger partial charge < -0.3 is 47.0 Å². The minimum atomic E-state index is -4.78. The molecule has 12 heterocycles. The van der Waals surface area contributed by atoms with Crippen LogP contribution in [0.5, 0.6) is 0 Å². The Morgan fingerprint density at radius 3 is 1.46 bits per heavy atom. The van der Waals surface area contributed by atoms with E-state index in [4.69, 9.17) is 4.42 Å². The SMILES string of the molecule is CCNc1nc(Nc2cnn(C3CC(c4cocn4)C3)c2C)ncc1C(F)(F)F.CCNc1nc(Nc2cnn(C3CC(n4nccn4)C3)c2C)ncc1Br.CNc1nc(Nc2cn(C3CC(c4nncs4)C3)nc2C)ncc1C(F)(F)F.Cc1c(Nc2ncc(C(F)(F)F)c(NCC(F)F)n2)cnn1C1CC(n2cccn2)C1. The number of aryl methyl sites for hydroxylation is 1. The van der Waals surface area contributed by atoms with E-state index in [1.54, 1.807) is 65.8 Å². The normalized spacial score (nSPS) is 19.1. The molecule has 0 unspecified atom stereocenters. The van der Waals surface area contributed by atoms with Crippen molar-refractivity contribution in [2.45, 2.75) is 166 Å². The van der Waals surface area contributed by atoms with Crippen molar-refractivity contribution in [3.63, 3.8) is 0 Å². The van der Waals surface area contributed by atoms with E-state index >= 15 is 0 Å². The van der Waals surface area contributed by atoms with Gasteiger partial charge in [0.15, 0.2) is 6.39 Å². The Hall–Kier alpha value is -11.6. The maximum atomic E-state index is 13.1. The molecule has 0 spiro atoms. The highest BCUT2D eigenvalue weighted by molar-refractivity contribution is 9.10. The molecule has 4 fully saturated rings. The van der Waals surface area contributed by atoms with Gasteiger partial charge >= 0.3 is 18.5 Å². The number of nitrogens with zero attached hydrogens (tertiary/aromatic N) is 24. The molecule has 4 saturated carbocycles. The number of hydrogen-bond donors (Lipinski definition) is 8. The predicted octanol–water partition coefficient (Wildman–Crippen LogP) is 15.3. The molecule has 4 aliphatic rings. The summed E-state index contributed by atoms with van der Waals surface area (Å²) in [7, 11) is 1.38. The van der Waals surface area contributed by atoms with Crippen LogP contribution in [-0.4, -0.2) is 152 Å². The van der Waals surface area contributed by atoms with Crippen molar-refractivity contribution in [3.8, 4) is 0 Å². The van der Waals surface area contributed by atoms with Gasteiger partial charge in [-0.3, -0.25) is 23.4 Å². The first-order valence-electron chi connectivity index (χ1n) is 35.9. The summed E-state index contributed by atoms with van der Waals surface area (Å²) in [4.78, 5) is 37.7. The lowest BCUT2D eigenvalue weighted by Crippen LogP contribution is -2.31. The largest absolute Gasteiger partial charge is 0.451 e. The van der Waals surface area contributed by atoms with E-state index in [9.17, 15) is 48.3 Å². The molecule has 4 aliphatic carbocycles. The van der Waals surface area contributed by atoms with Crippen LogP contribution in [0.1, 0.15) is 163 Å². The van der Waals surface area contributed by atoms with Crippen LogP contribution in [0.4, 0.5) is 118 Å². The Morgan fingerprint density at radius 1 is 0.518 bits per heavy atom. The van der Waals surface area contributed by atoms with Gasteiger partial charge in [-0.1, -0.05) is 0 Å². The van der Waals surface area contributed by atoms with Crippen LogP contribution < -0.4 is 42.5 Å². The second-order valence-corrected chi connectivity index (χ2v) is 28.7. The smallest absolute Gasteiger partial charge is 0.421 e. The zero-order valence-electron chi connectivity index (χ0n) is 61.8. The second kappa shape index (κ2) is 34.4. The Labute approximate surface area is 654 Å². The lowest BCUT2D eigenvalue weighted by molar-refractivity contribution is -0.138. The third-order valence-electron chi connectivity index (χ3n) is 19.5. The molecule has 46 heteroatoms. The topological polar surface area (TPSA) is 371 Å². The zero-order valence-corrected chi connectivity index (χ0v) is 64.2. The molecule has 0 atom stereocenters. The van der Waals surface area contributed by atoms with Crippen molar-refractivity contribution in [2.75, 3.05) is 69.2 Å². The molecule has 0 aliphatic heterocycles. The molecule has 33 nitrogen and oxygen atoms in total. The first-order valence-corrected chi connectivity index (χ1v) is 37.5. The number of rotatable bonds is 24. The van der Waals surface area contributed by atoms with Gasteiger partial charge in [-0.2, -0.15) is 99.9 Å². The van der Waals surface area contributed by atoms with Gasteiger partial charge in [-0.25, -0.2) is 33.7 Å². The number of nitrogens with one attached hydrogen (secondary N) is 8. The van der Waals surface area contributed by atoms with E-state index in [0.717, 1.165) is 114 Å². The lowest BCUT2D eigenvalue weighted by atomic mass is 9.78. The third-order valence-corrected chi connectivity index (χ3v) is 20.9. The van der Waals surface area contributed by atoms with Crippen molar-refractivity contribution in [2.24, 2.45) is 0 Å². The van der Waals surface area contributed by atoms with Crippen LogP contribution in [0, 0.1) is 27.7 Å². The highest BCUT2D eigenvalue weighted by atomic mass is 79.9. The fourth-order valence-electron chi connectivity index (χ4n) is 13.1. The van der Waals surface area contributed by atoms with Crippen molar-refractivity contribution >= 4 is 97.1 Å². The minimum Gasteiger partial charge on any atom is -0.451 e. The van der Waals surface area contributed by atoms with Crippen LogP contribution in [-0.2, 0) is 18.5 Å². The molecule has 0 amide bonds. The van der Waals surface area contributed by atoms with Crippen molar-refractivity contribution in [3.05, 3.63) is 153 Å². The van der Waals surface area contributed by atoms with Gasteiger partial charge in [0.25, 0.3) is 6.43 Å². The Bertz CT molecular complexity index is 5120. The van der Waals surface area contributed by atoms with Crippen LogP contribution >= 0.6 is 27.3 Å². The number of aromatic nitrogens is 24. The molecule has 0 radical (unpaired) electrons. The Kier molecular flexibility index (Phi) is 24.3. The summed E-state index contributed by atoms with van der Waals surface area (Å²) in [6.45, 7) is 11.5. The average Bonchev–Trinajstić information content (AvgIpc) is 1.64.